The van der Waals surface area contributed by atoms with E-state index in [1.165, 1.54) is 0 Å². The lowest BCUT2D eigenvalue weighted by Crippen LogP contribution is -2.13. The second-order valence-corrected chi connectivity index (χ2v) is 4.19. The molecule has 0 aromatic heterocycles. The van der Waals surface area contributed by atoms with E-state index in [2.05, 4.69) is 5.32 Å². The number of hydrogen-bond donors (Lipinski definition) is 4. The molecule has 0 spiro atoms. The van der Waals surface area contributed by atoms with Gasteiger partial charge in [-0.2, -0.15) is 0 Å². The van der Waals surface area contributed by atoms with Crippen LogP contribution in [0.3, 0.4) is 0 Å². The molecule has 2 rings (SSSR count). The predicted molar refractivity (Wildman–Crippen MR) is 71.1 cm³/mol. The Balaban J connectivity index is 2.25. The first-order valence-corrected chi connectivity index (χ1v) is 5.74. The van der Waals surface area contributed by atoms with Crippen LogP contribution in [0.5, 0.6) is 11.5 Å². The van der Waals surface area contributed by atoms with Crippen molar-refractivity contribution >= 4 is 17.6 Å². The molecule has 108 valence electrons. The number of phenolic OH excluding ortho intramolecular Hbond substituents is 2. The van der Waals surface area contributed by atoms with Crippen molar-refractivity contribution in [3.05, 3.63) is 53.3 Å². The van der Waals surface area contributed by atoms with Crippen LogP contribution in [-0.2, 0) is 0 Å². The van der Waals surface area contributed by atoms with Gasteiger partial charge in [0.1, 0.15) is 17.3 Å². The number of halogens is 1. The number of phenols is 2. The van der Waals surface area contributed by atoms with Crippen molar-refractivity contribution in [3.63, 3.8) is 0 Å². The smallest absolute Gasteiger partial charge is 0.335 e. The molecule has 21 heavy (non-hydrogen) atoms. The number of carboxylic acid groups (broad SMARTS) is 1. The zero-order valence-electron chi connectivity index (χ0n) is 10.5. The lowest BCUT2D eigenvalue weighted by Gasteiger charge is -2.08. The molecule has 1 amide bonds. The second kappa shape index (κ2) is 5.49. The quantitative estimate of drug-likeness (QED) is 0.693. The van der Waals surface area contributed by atoms with Gasteiger partial charge in [-0.25, -0.2) is 9.18 Å². The number of benzene rings is 2. The van der Waals surface area contributed by atoms with Crippen molar-refractivity contribution in [2.75, 3.05) is 5.32 Å². The summed E-state index contributed by atoms with van der Waals surface area (Å²) in [7, 11) is 0. The molecular formula is C14H10FNO5. The minimum Gasteiger partial charge on any atom is -0.508 e. The van der Waals surface area contributed by atoms with Crippen molar-refractivity contribution in [1.29, 1.82) is 0 Å². The SMILES string of the molecule is O=C(O)c1ccc(NC(=O)c2cc(O)cc(O)c2)c(F)c1. The molecule has 0 radical (unpaired) electrons. The maximum absolute atomic E-state index is 13.7. The van der Waals surface area contributed by atoms with Crippen LogP contribution in [0.2, 0.25) is 0 Å². The molecule has 7 heteroatoms. The number of rotatable bonds is 3. The maximum atomic E-state index is 13.7. The number of nitrogens with one attached hydrogen (secondary N) is 1. The highest BCUT2D eigenvalue weighted by molar-refractivity contribution is 6.05. The number of aromatic hydroxyl groups is 2. The first-order chi connectivity index (χ1) is 9.86. The monoisotopic (exact) mass is 291 g/mol. The lowest BCUT2D eigenvalue weighted by atomic mass is 10.1. The van der Waals surface area contributed by atoms with E-state index in [9.17, 15) is 24.2 Å². The van der Waals surface area contributed by atoms with E-state index in [0.717, 1.165) is 36.4 Å². The Morgan fingerprint density at radius 2 is 1.57 bits per heavy atom. The molecule has 2 aromatic rings. The summed E-state index contributed by atoms with van der Waals surface area (Å²) in [5, 5.41) is 29.5. The van der Waals surface area contributed by atoms with Gasteiger partial charge in [-0.3, -0.25) is 4.79 Å². The van der Waals surface area contributed by atoms with E-state index in [4.69, 9.17) is 5.11 Å². The van der Waals surface area contributed by atoms with Crippen LogP contribution in [-0.4, -0.2) is 27.2 Å². The summed E-state index contributed by atoms with van der Waals surface area (Å²) in [6, 6.07) is 6.26. The third-order valence-electron chi connectivity index (χ3n) is 2.63. The fourth-order valence-corrected chi connectivity index (χ4v) is 1.67. The number of carbonyl (C=O) groups is 2. The summed E-state index contributed by atoms with van der Waals surface area (Å²) in [5.74, 6) is -3.59. The van der Waals surface area contributed by atoms with Crippen molar-refractivity contribution in [2.24, 2.45) is 0 Å². The minimum absolute atomic E-state index is 0.0748. The lowest BCUT2D eigenvalue weighted by molar-refractivity contribution is 0.0696. The van der Waals surface area contributed by atoms with Gasteiger partial charge >= 0.3 is 5.97 Å². The molecule has 0 saturated carbocycles. The van der Waals surface area contributed by atoms with E-state index in [1.54, 1.807) is 0 Å². The van der Waals surface area contributed by atoms with Crippen LogP contribution < -0.4 is 5.32 Å². The molecule has 0 aliphatic rings. The summed E-state index contributed by atoms with van der Waals surface area (Å²) in [5.41, 5.74) is -0.539. The average Bonchev–Trinajstić information content (AvgIpc) is 2.39. The molecular weight excluding hydrogens is 281 g/mol. The van der Waals surface area contributed by atoms with Gasteiger partial charge < -0.3 is 20.6 Å². The largest absolute Gasteiger partial charge is 0.508 e. The summed E-state index contributed by atoms with van der Waals surface area (Å²) >= 11 is 0. The molecule has 0 bridgehead atoms. The van der Waals surface area contributed by atoms with Crippen LogP contribution in [0.1, 0.15) is 20.7 Å². The van der Waals surface area contributed by atoms with Gasteiger partial charge in [-0.1, -0.05) is 0 Å². The first kappa shape index (κ1) is 14.3. The summed E-state index contributed by atoms with van der Waals surface area (Å²) in [6.45, 7) is 0. The van der Waals surface area contributed by atoms with E-state index in [-0.39, 0.29) is 28.3 Å². The van der Waals surface area contributed by atoms with Gasteiger partial charge in [0.15, 0.2) is 0 Å². The molecule has 0 aliphatic heterocycles. The topological polar surface area (TPSA) is 107 Å². The third-order valence-corrected chi connectivity index (χ3v) is 2.63. The molecule has 0 heterocycles. The van der Waals surface area contributed by atoms with Crippen LogP contribution in [0, 0.1) is 5.82 Å². The van der Waals surface area contributed by atoms with Crippen LogP contribution in [0.4, 0.5) is 10.1 Å². The number of hydrogen-bond acceptors (Lipinski definition) is 4. The first-order valence-electron chi connectivity index (χ1n) is 5.74. The van der Waals surface area contributed by atoms with Crippen LogP contribution in [0.25, 0.3) is 0 Å². The number of aromatic carboxylic acids is 1. The molecule has 6 nitrogen and oxygen atoms in total. The van der Waals surface area contributed by atoms with Gasteiger partial charge in [0.2, 0.25) is 0 Å². The Kier molecular flexibility index (Phi) is 3.75. The second-order valence-electron chi connectivity index (χ2n) is 4.19. The van der Waals surface area contributed by atoms with Gasteiger partial charge in [-0.15, -0.1) is 0 Å². The highest BCUT2D eigenvalue weighted by atomic mass is 19.1. The fourth-order valence-electron chi connectivity index (χ4n) is 1.67. The van der Waals surface area contributed by atoms with Gasteiger partial charge in [0.05, 0.1) is 11.3 Å². The summed E-state index contributed by atoms with van der Waals surface area (Å²) in [4.78, 5) is 22.5. The number of carboxylic acids is 1. The number of anilines is 1. The van der Waals surface area contributed by atoms with Crippen LogP contribution in [0.15, 0.2) is 36.4 Å². The van der Waals surface area contributed by atoms with E-state index < -0.39 is 17.7 Å². The minimum atomic E-state index is -1.29. The third kappa shape index (κ3) is 3.27. The molecule has 0 saturated heterocycles. The van der Waals surface area contributed by atoms with Crippen molar-refractivity contribution in [1.82, 2.24) is 0 Å². The molecule has 0 atom stereocenters. The number of amides is 1. The molecule has 0 aliphatic carbocycles. The van der Waals surface area contributed by atoms with Gasteiger partial charge in [-0.05, 0) is 30.3 Å². The van der Waals surface area contributed by atoms with Gasteiger partial charge in [0.25, 0.3) is 5.91 Å². The van der Waals surface area contributed by atoms with E-state index >= 15 is 0 Å². The van der Waals surface area contributed by atoms with Crippen LogP contribution >= 0.6 is 0 Å². The summed E-state index contributed by atoms with van der Waals surface area (Å²) < 4.78 is 13.7. The standard InChI is InChI=1S/C14H10FNO5/c15-11-5-7(14(20)21)1-2-12(11)16-13(19)8-3-9(17)6-10(18)4-8/h1-6,17-18H,(H,16,19)(H,20,21). The van der Waals surface area contributed by atoms with E-state index in [1.807, 2.05) is 0 Å². The Labute approximate surface area is 118 Å². The summed E-state index contributed by atoms with van der Waals surface area (Å²) in [6.07, 6.45) is 0. The highest BCUT2D eigenvalue weighted by Gasteiger charge is 2.13. The highest BCUT2D eigenvalue weighted by Crippen LogP contribution is 2.22. The Morgan fingerprint density at radius 1 is 0.952 bits per heavy atom. The zero-order valence-corrected chi connectivity index (χ0v) is 10.5. The Hall–Kier alpha value is -3.09. The molecule has 0 fully saturated rings. The fraction of sp³-hybridized carbons (Fsp3) is 0. The van der Waals surface area contributed by atoms with Crippen molar-refractivity contribution < 1.29 is 29.3 Å². The Morgan fingerprint density at radius 3 is 2.10 bits per heavy atom. The molecule has 0 unspecified atom stereocenters. The van der Waals surface area contributed by atoms with E-state index in [0.29, 0.717) is 0 Å². The zero-order chi connectivity index (χ0) is 15.6. The number of carbonyl (C=O) groups excluding carboxylic acids is 1. The predicted octanol–water partition coefficient (Wildman–Crippen LogP) is 2.19. The average molecular weight is 291 g/mol. The van der Waals surface area contributed by atoms with Crippen molar-refractivity contribution in [3.8, 4) is 11.5 Å². The Bertz CT molecular complexity index is 709. The normalized spacial score (nSPS) is 10.1. The molecule has 4 N–H and O–H groups in total. The maximum Gasteiger partial charge on any atom is 0.335 e. The molecule has 2 aromatic carbocycles. The van der Waals surface area contributed by atoms with Crippen molar-refractivity contribution in [2.45, 2.75) is 0 Å². The van der Waals surface area contributed by atoms with Gasteiger partial charge in [0, 0.05) is 11.6 Å².